The minimum absolute atomic E-state index is 0.0316. The Kier molecular flexibility index (Phi) is 3.72. The number of amides is 1. The molecule has 1 aliphatic carbocycles. The van der Waals surface area contributed by atoms with Crippen LogP contribution in [-0.2, 0) is 9.59 Å². The fourth-order valence-electron chi connectivity index (χ4n) is 1.69. The number of nitrogens with one attached hydrogen (secondary N) is 1. The normalized spacial score (nSPS) is 20.1. The molecule has 0 aromatic carbocycles. The Morgan fingerprint density at radius 3 is 2.40 bits per heavy atom. The van der Waals surface area contributed by atoms with E-state index in [9.17, 15) is 9.59 Å². The summed E-state index contributed by atoms with van der Waals surface area (Å²) in [4.78, 5) is 22.5. The zero-order valence-electron chi connectivity index (χ0n) is 9.38. The first kappa shape index (κ1) is 12.0. The van der Waals surface area contributed by atoms with Crippen LogP contribution in [0.4, 0.5) is 0 Å². The average molecular weight is 213 g/mol. The van der Waals surface area contributed by atoms with Gasteiger partial charge in [0.2, 0.25) is 5.91 Å². The number of hydrogen-bond acceptors (Lipinski definition) is 2. The fourth-order valence-corrected chi connectivity index (χ4v) is 1.69. The van der Waals surface area contributed by atoms with Crippen LogP contribution >= 0.6 is 0 Å². The first-order chi connectivity index (χ1) is 7.02. The minimum atomic E-state index is -0.779. The lowest BCUT2D eigenvalue weighted by Gasteiger charge is -2.37. The summed E-state index contributed by atoms with van der Waals surface area (Å²) in [5.41, 5.74) is -0.677. The lowest BCUT2D eigenvalue weighted by atomic mass is 9.69. The lowest BCUT2D eigenvalue weighted by Crippen LogP contribution is -2.48. The fraction of sp³-hybridized carbons (Fsp3) is 0.818. The van der Waals surface area contributed by atoms with E-state index in [1.54, 1.807) is 0 Å². The standard InChI is InChI=1S/C11H19NO3/c1-3-8(2)9(13)12-7-11(10(14)15)5-4-6-11/h8H,3-7H2,1-2H3,(H,12,13)(H,14,15). The topological polar surface area (TPSA) is 66.4 Å². The summed E-state index contributed by atoms with van der Waals surface area (Å²) >= 11 is 0. The van der Waals surface area contributed by atoms with Gasteiger partial charge in [0.25, 0.3) is 0 Å². The number of carboxylic acids is 1. The zero-order chi connectivity index (χ0) is 11.5. The predicted octanol–water partition coefficient (Wildman–Crippen LogP) is 1.40. The third kappa shape index (κ3) is 2.49. The van der Waals surface area contributed by atoms with Gasteiger partial charge in [-0.2, -0.15) is 0 Å². The number of carboxylic acid groups (broad SMARTS) is 1. The van der Waals surface area contributed by atoms with Crippen molar-refractivity contribution in [3.8, 4) is 0 Å². The third-order valence-corrected chi connectivity index (χ3v) is 3.43. The molecule has 0 spiro atoms. The number of hydrogen-bond donors (Lipinski definition) is 2. The summed E-state index contributed by atoms with van der Waals surface area (Å²) in [7, 11) is 0. The molecule has 0 heterocycles. The van der Waals surface area contributed by atoms with Crippen LogP contribution in [0.15, 0.2) is 0 Å². The van der Waals surface area contributed by atoms with Gasteiger partial charge >= 0.3 is 5.97 Å². The first-order valence-corrected chi connectivity index (χ1v) is 5.53. The quantitative estimate of drug-likeness (QED) is 0.725. The first-order valence-electron chi connectivity index (χ1n) is 5.53. The molecule has 0 aromatic rings. The second-order valence-electron chi connectivity index (χ2n) is 4.47. The summed E-state index contributed by atoms with van der Waals surface area (Å²) < 4.78 is 0. The molecule has 0 aliphatic heterocycles. The highest BCUT2D eigenvalue weighted by molar-refractivity contribution is 5.80. The van der Waals surface area contributed by atoms with Crippen LogP contribution in [0.2, 0.25) is 0 Å². The average Bonchev–Trinajstić information content (AvgIpc) is 2.14. The third-order valence-electron chi connectivity index (χ3n) is 3.43. The van der Waals surface area contributed by atoms with Crippen molar-refractivity contribution in [1.82, 2.24) is 5.32 Å². The van der Waals surface area contributed by atoms with E-state index < -0.39 is 11.4 Å². The molecule has 1 unspecified atom stereocenters. The van der Waals surface area contributed by atoms with E-state index in [4.69, 9.17) is 5.11 Å². The van der Waals surface area contributed by atoms with Crippen LogP contribution in [0.5, 0.6) is 0 Å². The van der Waals surface area contributed by atoms with Gasteiger partial charge in [-0.25, -0.2) is 0 Å². The molecule has 1 amide bonds. The van der Waals surface area contributed by atoms with Crippen molar-refractivity contribution in [2.24, 2.45) is 11.3 Å². The van der Waals surface area contributed by atoms with E-state index in [2.05, 4.69) is 5.32 Å². The Hall–Kier alpha value is -1.06. The Balaban J connectivity index is 2.42. The van der Waals surface area contributed by atoms with Crippen molar-refractivity contribution >= 4 is 11.9 Å². The summed E-state index contributed by atoms with van der Waals surface area (Å²) in [6.07, 6.45) is 3.10. The van der Waals surface area contributed by atoms with Gasteiger partial charge in [0, 0.05) is 12.5 Å². The molecule has 1 rings (SSSR count). The highest BCUT2D eigenvalue weighted by Crippen LogP contribution is 2.40. The van der Waals surface area contributed by atoms with Gasteiger partial charge in [0.1, 0.15) is 0 Å². The van der Waals surface area contributed by atoms with Crippen LogP contribution in [-0.4, -0.2) is 23.5 Å². The molecule has 1 fully saturated rings. The second kappa shape index (κ2) is 4.64. The van der Waals surface area contributed by atoms with Gasteiger partial charge in [-0.15, -0.1) is 0 Å². The van der Waals surface area contributed by atoms with Crippen molar-refractivity contribution in [2.75, 3.05) is 6.54 Å². The molecule has 1 aliphatic rings. The van der Waals surface area contributed by atoms with Crippen LogP contribution in [0.3, 0.4) is 0 Å². The van der Waals surface area contributed by atoms with Crippen LogP contribution in [0, 0.1) is 11.3 Å². The second-order valence-corrected chi connectivity index (χ2v) is 4.47. The van der Waals surface area contributed by atoms with Crippen molar-refractivity contribution < 1.29 is 14.7 Å². The van der Waals surface area contributed by atoms with Gasteiger partial charge in [-0.05, 0) is 19.3 Å². The maximum Gasteiger partial charge on any atom is 0.311 e. The maximum atomic E-state index is 11.5. The van der Waals surface area contributed by atoms with Crippen molar-refractivity contribution in [2.45, 2.75) is 39.5 Å². The number of carbonyl (C=O) groups excluding carboxylic acids is 1. The summed E-state index contributed by atoms with van der Waals surface area (Å²) in [5, 5.41) is 11.8. The van der Waals surface area contributed by atoms with Crippen LogP contribution < -0.4 is 5.32 Å². The van der Waals surface area contributed by atoms with E-state index in [1.165, 1.54) is 0 Å². The zero-order valence-corrected chi connectivity index (χ0v) is 9.38. The highest BCUT2D eigenvalue weighted by Gasteiger charge is 2.44. The molecule has 0 saturated heterocycles. The number of rotatable bonds is 5. The molecule has 1 saturated carbocycles. The molecule has 0 aromatic heterocycles. The molecule has 4 nitrogen and oxygen atoms in total. The Morgan fingerprint density at radius 1 is 1.47 bits per heavy atom. The number of carbonyl (C=O) groups is 2. The van der Waals surface area contributed by atoms with E-state index >= 15 is 0 Å². The van der Waals surface area contributed by atoms with E-state index in [1.807, 2.05) is 13.8 Å². The van der Waals surface area contributed by atoms with Crippen molar-refractivity contribution in [1.29, 1.82) is 0 Å². The van der Waals surface area contributed by atoms with Crippen LogP contribution in [0.1, 0.15) is 39.5 Å². The maximum absolute atomic E-state index is 11.5. The lowest BCUT2D eigenvalue weighted by molar-refractivity contribution is -0.154. The van der Waals surface area contributed by atoms with Crippen molar-refractivity contribution in [3.63, 3.8) is 0 Å². The monoisotopic (exact) mass is 213 g/mol. The molecule has 0 bridgehead atoms. The molecular weight excluding hydrogens is 194 g/mol. The molecule has 4 heteroatoms. The number of aliphatic carboxylic acids is 1. The SMILES string of the molecule is CCC(C)C(=O)NCC1(C(=O)O)CCC1. The minimum Gasteiger partial charge on any atom is -0.481 e. The van der Waals surface area contributed by atoms with Gasteiger partial charge in [-0.1, -0.05) is 20.3 Å². The predicted molar refractivity (Wildman–Crippen MR) is 56.4 cm³/mol. The molecule has 15 heavy (non-hydrogen) atoms. The molecule has 1 atom stereocenters. The Bertz CT molecular complexity index is 259. The van der Waals surface area contributed by atoms with Crippen molar-refractivity contribution in [3.05, 3.63) is 0 Å². The van der Waals surface area contributed by atoms with Gasteiger partial charge in [0.15, 0.2) is 0 Å². The smallest absolute Gasteiger partial charge is 0.311 e. The highest BCUT2D eigenvalue weighted by atomic mass is 16.4. The molecular formula is C11H19NO3. The van der Waals surface area contributed by atoms with E-state index in [-0.39, 0.29) is 18.4 Å². The largest absolute Gasteiger partial charge is 0.481 e. The Labute approximate surface area is 90.0 Å². The van der Waals surface area contributed by atoms with Gasteiger partial charge in [0.05, 0.1) is 5.41 Å². The molecule has 2 N–H and O–H groups in total. The van der Waals surface area contributed by atoms with E-state index in [0.717, 1.165) is 12.8 Å². The molecule has 86 valence electrons. The summed E-state index contributed by atoms with van der Waals surface area (Å²) in [6.45, 7) is 4.08. The van der Waals surface area contributed by atoms with Crippen LogP contribution in [0.25, 0.3) is 0 Å². The molecule has 0 radical (unpaired) electrons. The van der Waals surface area contributed by atoms with E-state index in [0.29, 0.717) is 12.8 Å². The van der Waals surface area contributed by atoms with Gasteiger partial charge < -0.3 is 10.4 Å². The summed E-state index contributed by atoms with van der Waals surface area (Å²) in [6, 6.07) is 0. The Morgan fingerprint density at radius 2 is 2.07 bits per heavy atom. The summed E-state index contributed by atoms with van der Waals surface area (Å²) in [5.74, 6) is -0.848. The van der Waals surface area contributed by atoms with Gasteiger partial charge in [-0.3, -0.25) is 9.59 Å².